The summed E-state index contributed by atoms with van der Waals surface area (Å²) in [6, 6.07) is 4.75. The second kappa shape index (κ2) is 13.0. The average Bonchev–Trinajstić information content (AvgIpc) is 2.81. The smallest absolute Gasteiger partial charge is 0.191 e. The molecule has 2 N–H and O–H groups in total. The number of nitrogens with one attached hydrogen (secondary N) is 2. The Morgan fingerprint density at radius 3 is 2.56 bits per heavy atom. The van der Waals surface area contributed by atoms with Crippen molar-refractivity contribution in [2.75, 3.05) is 77.5 Å². The molecule has 0 aromatic carbocycles. The lowest BCUT2D eigenvalue weighted by Crippen LogP contribution is -2.51. The summed E-state index contributed by atoms with van der Waals surface area (Å²) in [6.07, 6.45) is 3.08. The summed E-state index contributed by atoms with van der Waals surface area (Å²) in [5.41, 5.74) is 1.19. The molecule has 3 heterocycles. The lowest BCUT2D eigenvalue weighted by molar-refractivity contribution is 0.0132. The van der Waals surface area contributed by atoms with Gasteiger partial charge in [-0.15, -0.1) is 0 Å². The first kappa shape index (κ1) is 24.7. The average molecular weight is 446 g/mol. The number of aliphatic imine (C=N–C) groups is 1. The fourth-order valence-electron chi connectivity index (χ4n) is 4.34. The number of nitrogens with zero attached hydrogens (tertiary/aromatic N) is 5. The fourth-order valence-corrected chi connectivity index (χ4v) is 4.34. The van der Waals surface area contributed by atoms with E-state index in [4.69, 9.17) is 9.73 Å². The predicted molar refractivity (Wildman–Crippen MR) is 132 cm³/mol. The van der Waals surface area contributed by atoms with Crippen LogP contribution >= 0.6 is 0 Å². The van der Waals surface area contributed by atoms with Gasteiger partial charge in [0.1, 0.15) is 5.82 Å². The van der Waals surface area contributed by atoms with Crippen LogP contribution in [0.5, 0.6) is 0 Å². The van der Waals surface area contributed by atoms with E-state index in [1.165, 1.54) is 12.0 Å². The number of hydrogen-bond acceptors (Lipinski definition) is 6. The normalized spacial score (nSPS) is 19.9. The molecule has 2 aliphatic rings. The molecule has 8 heteroatoms. The van der Waals surface area contributed by atoms with Crippen molar-refractivity contribution < 1.29 is 4.74 Å². The second-order valence-electron chi connectivity index (χ2n) is 9.32. The Kier molecular flexibility index (Phi) is 10.0. The molecule has 1 atom stereocenters. The van der Waals surface area contributed by atoms with Crippen LogP contribution in [0.15, 0.2) is 23.3 Å². The molecule has 0 aliphatic carbocycles. The Morgan fingerprint density at radius 1 is 1.12 bits per heavy atom. The zero-order chi connectivity index (χ0) is 22.8. The molecule has 180 valence electrons. The monoisotopic (exact) mass is 445 g/mol. The van der Waals surface area contributed by atoms with Gasteiger partial charge in [0.25, 0.3) is 0 Å². The van der Waals surface area contributed by atoms with Crippen LogP contribution in [0, 0.1) is 5.92 Å². The Morgan fingerprint density at radius 2 is 1.88 bits per heavy atom. The Labute approximate surface area is 194 Å². The molecule has 2 aliphatic heterocycles. The SMILES string of the molecule is CCNC(=NCc1ccnc(N2CCN(C)CC2)c1)NCC(CC(C)C)N1CCOCC1. The van der Waals surface area contributed by atoms with Crippen LogP contribution in [0.1, 0.15) is 32.8 Å². The Balaban J connectivity index is 1.59. The standard InChI is InChI=1S/C24H43N7O/c1-5-25-24(28-19-22(16-20(2)3)30-12-14-32-15-13-30)27-18-21-6-7-26-23(17-21)31-10-8-29(4)9-11-31/h6-7,17,20,22H,5,8-16,18-19H2,1-4H3,(H2,25,27,28). The van der Waals surface area contributed by atoms with Crippen molar-refractivity contribution in [3.8, 4) is 0 Å². The number of anilines is 1. The zero-order valence-corrected chi connectivity index (χ0v) is 20.5. The van der Waals surface area contributed by atoms with Gasteiger partial charge in [-0.2, -0.15) is 0 Å². The molecule has 1 aromatic rings. The van der Waals surface area contributed by atoms with Crippen molar-refractivity contribution in [3.63, 3.8) is 0 Å². The fraction of sp³-hybridized carbons (Fsp3) is 0.750. The molecule has 0 saturated carbocycles. The first-order chi connectivity index (χ1) is 15.5. The van der Waals surface area contributed by atoms with Gasteiger partial charge >= 0.3 is 0 Å². The van der Waals surface area contributed by atoms with E-state index in [1.54, 1.807) is 0 Å². The lowest BCUT2D eigenvalue weighted by atomic mass is 10.0. The van der Waals surface area contributed by atoms with Crippen molar-refractivity contribution in [1.82, 2.24) is 25.4 Å². The summed E-state index contributed by atoms with van der Waals surface area (Å²) in [5, 5.41) is 7.01. The molecule has 2 fully saturated rings. The van der Waals surface area contributed by atoms with E-state index in [2.05, 4.69) is 70.3 Å². The minimum absolute atomic E-state index is 0.493. The van der Waals surface area contributed by atoms with Crippen molar-refractivity contribution >= 4 is 11.8 Å². The zero-order valence-electron chi connectivity index (χ0n) is 20.5. The van der Waals surface area contributed by atoms with Gasteiger partial charge in [0.05, 0.1) is 19.8 Å². The van der Waals surface area contributed by atoms with E-state index in [-0.39, 0.29) is 0 Å². The Hall–Kier alpha value is -1.90. The van der Waals surface area contributed by atoms with Crippen LogP contribution in [0.2, 0.25) is 0 Å². The van der Waals surface area contributed by atoms with E-state index in [0.717, 1.165) is 77.3 Å². The molecular weight excluding hydrogens is 402 g/mol. The topological polar surface area (TPSA) is 68.3 Å². The van der Waals surface area contributed by atoms with Crippen LogP contribution in [0.3, 0.4) is 0 Å². The van der Waals surface area contributed by atoms with E-state index < -0.39 is 0 Å². The number of hydrogen-bond donors (Lipinski definition) is 2. The first-order valence-corrected chi connectivity index (χ1v) is 12.3. The molecular formula is C24H43N7O. The molecule has 0 radical (unpaired) electrons. The maximum absolute atomic E-state index is 5.56. The number of aromatic nitrogens is 1. The van der Waals surface area contributed by atoms with Crippen LogP contribution < -0.4 is 15.5 Å². The third-order valence-corrected chi connectivity index (χ3v) is 6.21. The number of guanidine groups is 1. The van der Waals surface area contributed by atoms with Gasteiger partial charge in [-0.05, 0) is 44.0 Å². The van der Waals surface area contributed by atoms with Crippen LogP contribution in [0.4, 0.5) is 5.82 Å². The molecule has 1 unspecified atom stereocenters. The van der Waals surface area contributed by atoms with Gasteiger partial charge in [0, 0.05) is 64.6 Å². The number of pyridine rings is 1. The van der Waals surface area contributed by atoms with Crippen molar-refractivity contribution in [2.45, 2.75) is 39.8 Å². The highest BCUT2D eigenvalue weighted by molar-refractivity contribution is 5.79. The number of morpholine rings is 1. The molecule has 0 bridgehead atoms. The van der Waals surface area contributed by atoms with Gasteiger partial charge < -0.3 is 25.2 Å². The molecule has 8 nitrogen and oxygen atoms in total. The molecule has 0 amide bonds. The van der Waals surface area contributed by atoms with Crippen molar-refractivity contribution in [3.05, 3.63) is 23.9 Å². The minimum Gasteiger partial charge on any atom is -0.379 e. The van der Waals surface area contributed by atoms with Gasteiger partial charge in [0.2, 0.25) is 0 Å². The van der Waals surface area contributed by atoms with E-state index in [1.807, 2.05) is 6.20 Å². The van der Waals surface area contributed by atoms with E-state index >= 15 is 0 Å². The van der Waals surface area contributed by atoms with Crippen LogP contribution in [-0.4, -0.2) is 99.4 Å². The number of likely N-dealkylation sites (N-methyl/N-ethyl adjacent to an activating group) is 1. The largest absolute Gasteiger partial charge is 0.379 e. The van der Waals surface area contributed by atoms with Gasteiger partial charge in [-0.3, -0.25) is 4.90 Å². The maximum Gasteiger partial charge on any atom is 0.191 e. The summed E-state index contributed by atoms with van der Waals surface area (Å²) in [6.45, 7) is 17.0. The summed E-state index contributed by atoms with van der Waals surface area (Å²) in [7, 11) is 2.18. The molecule has 32 heavy (non-hydrogen) atoms. The molecule has 3 rings (SSSR count). The van der Waals surface area contributed by atoms with Gasteiger partial charge in [0.15, 0.2) is 5.96 Å². The number of piperazine rings is 1. The lowest BCUT2D eigenvalue weighted by Gasteiger charge is -2.35. The predicted octanol–water partition coefficient (Wildman–Crippen LogP) is 1.64. The highest BCUT2D eigenvalue weighted by Crippen LogP contribution is 2.16. The highest BCUT2D eigenvalue weighted by Gasteiger charge is 2.22. The Bertz CT molecular complexity index is 697. The van der Waals surface area contributed by atoms with Gasteiger partial charge in [-0.1, -0.05) is 13.8 Å². The quantitative estimate of drug-likeness (QED) is 0.442. The minimum atomic E-state index is 0.493. The summed E-state index contributed by atoms with van der Waals surface area (Å²) < 4.78 is 5.56. The second-order valence-corrected chi connectivity index (χ2v) is 9.32. The van der Waals surface area contributed by atoms with Crippen LogP contribution in [-0.2, 0) is 11.3 Å². The highest BCUT2D eigenvalue weighted by atomic mass is 16.5. The summed E-state index contributed by atoms with van der Waals surface area (Å²) in [5.74, 6) is 2.61. The van der Waals surface area contributed by atoms with Crippen molar-refractivity contribution in [2.24, 2.45) is 10.9 Å². The van der Waals surface area contributed by atoms with E-state index in [9.17, 15) is 0 Å². The third kappa shape index (κ3) is 7.90. The van der Waals surface area contributed by atoms with Gasteiger partial charge in [-0.25, -0.2) is 9.98 Å². The first-order valence-electron chi connectivity index (χ1n) is 12.3. The molecule has 0 spiro atoms. The van der Waals surface area contributed by atoms with Crippen molar-refractivity contribution in [1.29, 1.82) is 0 Å². The molecule has 1 aromatic heterocycles. The third-order valence-electron chi connectivity index (χ3n) is 6.21. The van der Waals surface area contributed by atoms with E-state index in [0.29, 0.717) is 18.5 Å². The number of ether oxygens (including phenoxy) is 1. The summed E-state index contributed by atoms with van der Waals surface area (Å²) >= 11 is 0. The maximum atomic E-state index is 5.56. The van der Waals surface area contributed by atoms with Crippen LogP contribution in [0.25, 0.3) is 0 Å². The number of rotatable bonds is 9. The molecule has 2 saturated heterocycles. The summed E-state index contributed by atoms with van der Waals surface area (Å²) in [4.78, 5) is 16.8.